The second kappa shape index (κ2) is 8.62. The van der Waals surface area contributed by atoms with Crippen molar-refractivity contribution in [1.82, 2.24) is 15.1 Å². The summed E-state index contributed by atoms with van der Waals surface area (Å²) in [6, 6.07) is 5.60. The van der Waals surface area contributed by atoms with E-state index >= 15 is 0 Å². The lowest BCUT2D eigenvalue weighted by atomic mass is 10.2. The fraction of sp³-hybridized carbons (Fsp3) is 0.529. The number of carbonyl (C=O) groups is 2. The monoisotopic (exact) mass is 321 g/mol. The van der Waals surface area contributed by atoms with Crippen LogP contribution in [-0.2, 0) is 4.79 Å². The molecule has 0 aromatic heterocycles. The third-order valence-electron chi connectivity index (χ3n) is 3.97. The van der Waals surface area contributed by atoms with Crippen LogP contribution in [-0.4, -0.2) is 60.9 Å². The summed E-state index contributed by atoms with van der Waals surface area (Å²) in [4.78, 5) is 27.9. The summed E-state index contributed by atoms with van der Waals surface area (Å²) < 4.78 is 12.9. The van der Waals surface area contributed by atoms with Gasteiger partial charge >= 0.3 is 0 Å². The van der Waals surface area contributed by atoms with E-state index < -0.39 is 0 Å². The van der Waals surface area contributed by atoms with E-state index in [-0.39, 0.29) is 17.6 Å². The van der Waals surface area contributed by atoms with Gasteiger partial charge in [0.05, 0.1) is 6.54 Å². The Morgan fingerprint density at radius 1 is 1.13 bits per heavy atom. The van der Waals surface area contributed by atoms with Crippen LogP contribution < -0.4 is 5.32 Å². The molecule has 0 aliphatic carbocycles. The Balaban J connectivity index is 1.76. The van der Waals surface area contributed by atoms with Crippen molar-refractivity contribution in [2.45, 2.75) is 19.8 Å². The van der Waals surface area contributed by atoms with Gasteiger partial charge in [0.2, 0.25) is 5.91 Å². The zero-order chi connectivity index (χ0) is 16.7. The van der Waals surface area contributed by atoms with Gasteiger partial charge in [0.25, 0.3) is 5.91 Å². The Bertz CT molecular complexity index is 525. The van der Waals surface area contributed by atoms with Crippen LogP contribution >= 0.6 is 0 Å². The zero-order valence-corrected chi connectivity index (χ0v) is 13.6. The van der Waals surface area contributed by atoms with Gasteiger partial charge in [-0.15, -0.1) is 0 Å². The number of piperazine rings is 1. The second-order valence-corrected chi connectivity index (χ2v) is 5.78. The summed E-state index contributed by atoms with van der Waals surface area (Å²) >= 11 is 0. The minimum absolute atomic E-state index is 0.0387. The maximum absolute atomic E-state index is 12.9. The quantitative estimate of drug-likeness (QED) is 0.808. The Labute approximate surface area is 136 Å². The average Bonchev–Trinajstić information content (AvgIpc) is 2.56. The fourth-order valence-electron chi connectivity index (χ4n) is 2.55. The zero-order valence-electron chi connectivity index (χ0n) is 13.6. The van der Waals surface area contributed by atoms with Crippen LogP contribution in [0.3, 0.4) is 0 Å². The first-order valence-electron chi connectivity index (χ1n) is 8.14. The van der Waals surface area contributed by atoms with E-state index in [4.69, 9.17) is 0 Å². The lowest BCUT2D eigenvalue weighted by Crippen LogP contribution is -2.51. The van der Waals surface area contributed by atoms with Crippen molar-refractivity contribution < 1.29 is 14.0 Å². The highest BCUT2D eigenvalue weighted by Gasteiger charge is 2.23. The van der Waals surface area contributed by atoms with Crippen molar-refractivity contribution >= 4 is 11.8 Å². The molecule has 1 heterocycles. The van der Waals surface area contributed by atoms with Crippen LogP contribution in [0.2, 0.25) is 0 Å². The van der Waals surface area contributed by atoms with E-state index in [9.17, 15) is 14.0 Å². The molecule has 126 valence electrons. The maximum Gasteiger partial charge on any atom is 0.253 e. The number of unbranched alkanes of at least 4 members (excludes halogenated alkanes) is 1. The van der Waals surface area contributed by atoms with Gasteiger partial charge in [-0.2, -0.15) is 0 Å². The smallest absolute Gasteiger partial charge is 0.253 e. The molecule has 0 atom stereocenters. The van der Waals surface area contributed by atoms with Gasteiger partial charge in [0, 0.05) is 38.3 Å². The predicted molar refractivity (Wildman–Crippen MR) is 86.7 cm³/mol. The van der Waals surface area contributed by atoms with Crippen molar-refractivity contribution in [3.63, 3.8) is 0 Å². The van der Waals surface area contributed by atoms with Gasteiger partial charge in [0.1, 0.15) is 5.82 Å². The van der Waals surface area contributed by atoms with Gasteiger partial charge in [-0.3, -0.25) is 14.5 Å². The van der Waals surface area contributed by atoms with Crippen molar-refractivity contribution in [1.29, 1.82) is 0 Å². The summed E-state index contributed by atoms with van der Waals surface area (Å²) in [5.74, 6) is -0.394. The van der Waals surface area contributed by atoms with E-state index in [1.165, 1.54) is 24.3 Å². The number of amides is 2. The van der Waals surface area contributed by atoms with Crippen LogP contribution in [0, 0.1) is 5.82 Å². The summed E-state index contributed by atoms with van der Waals surface area (Å²) in [7, 11) is 0. The lowest BCUT2D eigenvalue weighted by Gasteiger charge is -2.34. The van der Waals surface area contributed by atoms with Crippen LogP contribution in [0.1, 0.15) is 30.1 Å². The average molecular weight is 321 g/mol. The molecule has 6 heteroatoms. The number of hydrogen-bond acceptors (Lipinski definition) is 3. The molecule has 2 rings (SSSR count). The Morgan fingerprint density at radius 2 is 1.78 bits per heavy atom. The number of rotatable bonds is 6. The summed E-state index contributed by atoms with van der Waals surface area (Å²) in [5.41, 5.74) is 0.497. The van der Waals surface area contributed by atoms with Gasteiger partial charge < -0.3 is 10.2 Å². The minimum atomic E-state index is -0.347. The van der Waals surface area contributed by atoms with Gasteiger partial charge in [-0.1, -0.05) is 13.3 Å². The standard InChI is InChI=1S/C17H24FN3O2/c1-2-3-8-19-16(22)13-20-9-11-21(12-10-20)17(23)14-4-6-15(18)7-5-14/h4-7H,2-3,8-13H2,1H3,(H,19,22). The molecule has 1 aliphatic rings. The molecule has 1 fully saturated rings. The normalized spacial score (nSPS) is 15.5. The van der Waals surface area contributed by atoms with E-state index in [0.717, 1.165) is 19.4 Å². The van der Waals surface area contributed by atoms with Gasteiger partial charge in [-0.25, -0.2) is 4.39 Å². The number of nitrogens with zero attached hydrogens (tertiary/aromatic N) is 2. The molecule has 1 N–H and O–H groups in total. The number of nitrogens with one attached hydrogen (secondary N) is 1. The highest BCUT2D eigenvalue weighted by atomic mass is 19.1. The van der Waals surface area contributed by atoms with Crippen LogP contribution in [0.15, 0.2) is 24.3 Å². The van der Waals surface area contributed by atoms with Crippen molar-refractivity contribution in [2.24, 2.45) is 0 Å². The molecule has 5 nitrogen and oxygen atoms in total. The van der Waals surface area contributed by atoms with Crippen LogP contribution in [0.5, 0.6) is 0 Å². The topological polar surface area (TPSA) is 52.7 Å². The SMILES string of the molecule is CCCCNC(=O)CN1CCN(C(=O)c2ccc(F)cc2)CC1. The first-order chi connectivity index (χ1) is 11.1. The van der Waals surface area contributed by atoms with Crippen molar-refractivity contribution in [3.8, 4) is 0 Å². The predicted octanol–water partition coefficient (Wildman–Crippen LogP) is 1.50. The molecule has 0 saturated carbocycles. The Morgan fingerprint density at radius 3 is 2.39 bits per heavy atom. The number of halogens is 1. The van der Waals surface area contributed by atoms with E-state index in [1.54, 1.807) is 4.90 Å². The maximum atomic E-state index is 12.9. The summed E-state index contributed by atoms with van der Waals surface area (Å²) in [5, 5.41) is 2.90. The highest BCUT2D eigenvalue weighted by molar-refractivity contribution is 5.94. The molecule has 2 amide bonds. The number of hydrogen-bond donors (Lipinski definition) is 1. The van der Waals surface area contributed by atoms with E-state index in [1.807, 2.05) is 0 Å². The Kier molecular flexibility index (Phi) is 6.52. The van der Waals surface area contributed by atoms with Gasteiger partial charge in [-0.05, 0) is 30.7 Å². The molecular formula is C17H24FN3O2. The first kappa shape index (κ1) is 17.4. The highest BCUT2D eigenvalue weighted by Crippen LogP contribution is 2.09. The molecule has 1 aromatic rings. The van der Waals surface area contributed by atoms with Crippen LogP contribution in [0.25, 0.3) is 0 Å². The molecule has 0 radical (unpaired) electrons. The molecule has 1 aliphatic heterocycles. The van der Waals surface area contributed by atoms with Crippen LogP contribution in [0.4, 0.5) is 4.39 Å². The molecule has 23 heavy (non-hydrogen) atoms. The van der Waals surface area contributed by atoms with E-state index in [0.29, 0.717) is 38.3 Å². The van der Waals surface area contributed by atoms with Crippen molar-refractivity contribution in [2.75, 3.05) is 39.3 Å². The molecule has 0 bridgehead atoms. The third kappa shape index (κ3) is 5.32. The largest absolute Gasteiger partial charge is 0.355 e. The molecule has 1 aromatic carbocycles. The molecule has 0 unspecified atom stereocenters. The lowest BCUT2D eigenvalue weighted by molar-refractivity contribution is -0.122. The molecule has 0 spiro atoms. The fourth-order valence-corrected chi connectivity index (χ4v) is 2.55. The number of benzene rings is 1. The van der Waals surface area contributed by atoms with Gasteiger partial charge in [0.15, 0.2) is 0 Å². The minimum Gasteiger partial charge on any atom is -0.355 e. The number of carbonyl (C=O) groups excluding carboxylic acids is 2. The third-order valence-corrected chi connectivity index (χ3v) is 3.97. The molecular weight excluding hydrogens is 297 g/mol. The second-order valence-electron chi connectivity index (χ2n) is 5.78. The first-order valence-corrected chi connectivity index (χ1v) is 8.14. The summed E-state index contributed by atoms with van der Waals surface area (Å²) in [6.07, 6.45) is 2.05. The van der Waals surface area contributed by atoms with Crippen molar-refractivity contribution in [3.05, 3.63) is 35.6 Å². The summed E-state index contributed by atoms with van der Waals surface area (Å²) in [6.45, 7) is 5.70. The Hall–Kier alpha value is -1.95. The van der Waals surface area contributed by atoms with E-state index in [2.05, 4.69) is 17.1 Å². The molecule has 1 saturated heterocycles.